The van der Waals surface area contributed by atoms with Gasteiger partial charge in [0.25, 0.3) is 0 Å². The van der Waals surface area contributed by atoms with Crippen molar-refractivity contribution < 1.29 is 0 Å². The Morgan fingerprint density at radius 3 is 0.921 bits per heavy atom. The van der Waals surface area contributed by atoms with Gasteiger partial charge in [0.1, 0.15) is 0 Å². The molecule has 0 unspecified atom stereocenters. The average molecular weight is 528 g/mol. The van der Waals surface area contributed by atoms with Gasteiger partial charge in [-0.2, -0.15) is 0 Å². The topological polar surface area (TPSA) is 26.0 Å². The van der Waals surface area contributed by atoms with Crippen LogP contribution in [0, 0.1) is 6.92 Å². The Morgan fingerprint density at radius 2 is 0.632 bits per heavy atom. The Hall–Kier alpha value is -0.820. The highest BCUT2D eigenvalue weighted by Gasteiger charge is 1.98. The van der Waals surface area contributed by atoms with Crippen LogP contribution in [0.15, 0.2) is 24.3 Å². The van der Waals surface area contributed by atoms with Crippen LogP contribution >= 0.6 is 0 Å². The first-order chi connectivity index (χ1) is 18.8. The molecule has 0 atom stereocenters. The van der Waals surface area contributed by atoms with Gasteiger partial charge in [-0.15, -0.1) is 0 Å². The van der Waals surface area contributed by atoms with E-state index in [4.69, 9.17) is 5.73 Å². The van der Waals surface area contributed by atoms with Crippen LogP contribution in [0.4, 0.5) is 0 Å². The van der Waals surface area contributed by atoms with Crippen molar-refractivity contribution in [2.24, 2.45) is 5.73 Å². The summed E-state index contributed by atoms with van der Waals surface area (Å²) in [4.78, 5) is 0. The van der Waals surface area contributed by atoms with E-state index in [1.807, 2.05) is 0 Å². The molecular weight excluding hydrogens is 458 g/mol. The molecule has 222 valence electrons. The van der Waals surface area contributed by atoms with Crippen LogP contribution in [-0.4, -0.2) is 6.54 Å². The third kappa shape index (κ3) is 24.2. The number of hydrogen-bond donors (Lipinski definition) is 1. The highest BCUT2D eigenvalue weighted by molar-refractivity contribution is 5.25. The number of rotatable bonds is 30. The second kappa shape index (κ2) is 29.2. The first-order valence-corrected chi connectivity index (χ1v) is 17.6. The minimum absolute atomic E-state index is 0.872. The fourth-order valence-corrected chi connectivity index (χ4v) is 5.95. The maximum absolute atomic E-state index is 5.55. The summed E-state index contributed by atoms with van der Waals surface area (Å²) in [6.07, 6.45) is 41.8. The van der Waals surface area contributed by atoms with Crippen molar-refractivity contribution in [2.45, 2.75) is 193 Å². The number of unbranched alkanes of at least 4 members (excludes halogenated alkanes) is 27. The summed E-state index contributed by atoms with van der Waals surface area (Å²) in [7, 11) is 0. The lowest BCUT2D eigenvalue weighted by atomic mass is 10.0. The summed E-state index contributed by atoms with van der Waals surface area (Å²) < 4.78 is 0. The van der Waals surface area contributed by atoms with Gasteiger partial charge in [0.05, 0.1) is 0 Å². The van der Waals surface area contributed by atoms with E-state index >= 15 is 0 Å². The molecule has 0 spiro atoms. The molecule has 1 aromatic rings. The quantitative estimate of drug-likeness (QED) is 0.0989. The van der Waals surface area contributed by atoms with Crippen LogP contribution in [0.1, 0.15) is 191 Å². The Labute approximate surface area is 240 Å². The van der Waals surface area contributed by atoms with Crippen molar-refractivity contribution in [3.63, 3.8) is 0 Å². The van der Waals surface area contributed by atoms with Crippen LogP contribution in [0.25, 0.3) is 0 Å². The van der Waals surface area contributed by atoms with Gasteiger partial charge in [-0.1, -0.05) is 191 Å². The summed E-state index contributed by atoms with van der Waals surface area (Å²) in [5.41, 5.74) is 8.56. The molecule has 0 aliphatic rings. The van der Waals surface area contributed by atoms with Gasteiger partial charge >= 0.3 is 0 Å². The summed E-state index contributed by atoms with van der Waals surface area (Å²) >= 11 is 0. The van der Waals surface area contributed by atoms with Gasteiger partial charge in [-0.05, 0) is 43.9 Å². The SMILES string of the molecule is Cc1ccccc1CCCCCCCCCCCCCCCCCCCCCCCCCCCCCCN. The van der Waals surface area contributed by atoms with Crippen LogP contribution in [0.5, 0.6) is 0 Å². The minimum atomic E-state index is 0.872. The first-order valence-electron chi connectivity index (χ1n) is 17.6. The molecule has 0 bridgehead atoms. The molecule has 0 aliphatic carbocycles. The third-order valence-corrected chi connectivity index (χ3v) is 8.66. The maximum atomic E-state index is 5.55. The smallest absolute Gasteiger partial charge is 0.00773 e. The molecule has 2 N–H and O–H groups in total. The number of benzene rings is 1. The molecule has 38 heavy (non-hydrogen) atoms. The van der Waals surface area contributed by atoms with Crippen LogP contribution < -0.4 is 5.73 Å². The lowest BCUT2D eigenvalue weighted by Crippen LogP contribution is -1.97. The molecule has 1 nitrogen and oxygen atoms in total. The second-order valence-electron chi connectivity index (χ2n) is 12.4. The Balaban J connectivity index is 1.65. The molecule has 0 amide bonds. The van der Waals surface area contributed by atoms with Crippen molar-refractivity contribution >= 4 is 0 Å². The number of aryl methyl sites for hydroxylation is 2. The van der Waals surface area contributed by atoms with E-state index in [-0.39, 0.29) is 0 Å². The largest absolute Gasteiger partial charge is 0.330 e. The Kier molecular flexibility index (Phi) is 27.0. The van der Waals surface area contributed by atoms with Crippen molar-refractivity contribution in [2.75, 3.05) is 6.54 Å². The summed E-state index contributed by atoms with van der Waals surface area (Å²) in [6.45, 7) is 3.12. The fourth-order valence-electron chi connectivity index (χ4n) is 5.95. The zero-order valence-electron chi connectivity index (χ0n) is 26.1. The van der Waals surface area contributed by atoms with Crippen LogP contribution in [0.3, 0.4) is 0 Å². The van der Waals surface area contributed by atoms with Gasteiger partial charge in [-0.25, -0.2) is 0 Å². The normalized spacial score (nSPS) is 11.4. The molecule has 0 radical (unpaired) electrons. The predicted molar refractivity (Wildman–Crippen MR) is 173 cm³/mol. The van der Waals surface area contributed by atoms with Crippen molar-refractivity contribution in [3.8, 4) is 0 Å². The maximum Gasteiger partial charge on any atom is -0.00773 e. The Bertz CT molecular complexity index is 580. The summed E-state index contributed by atoms with van der Waals surface area (Å²) in [6, 6.07) is 8.88. The molecule has 0 aromatic heterocycles. The molecule has 0 saturated heterocycles. The average Bonchev–Trinajstić information content (AvgIpc) is 2.93. The third-order valence-electron chi connectivity index (χ3n) is 8.66. The van der Waals surface area contributed by atoms with Crippen LogP contribution in [-0.2, 0) is 6.42 Å². The fraction of sp³-hybridized carbons (Fsp3) is 0.838. The molecule has 1 heteroatoms. The van der Waals surface area contributed by atoms with Crippen LogP contribution in [0.2, 0.25) is 0 Å². The summed E-state index contributed by atoms with van der Waals surface area (Å²) in [5.74, 6) is 0. The van der Waals surface area contributed by atoms with Gasteiger partial charge in [-0.3, -0.25) is 0 Å². The molecule has 1 aromatic carbocycles. The van der Waals surface area contributed by atoms with Gasteiger partial charge in [0.2, 0.25) is 0 Å². The zero-order chi connectivity index (χ0) is 27.2. The van der Waals surface area contributed by atoms with E-state index in [1.165, 1.54) is 192 Å². The van der Waals surface area contributed by atoms with Gasteiger partial charge < -0.3 is 5.73 Å². The highest BCUT2D eigenvalue weighted by atomic mass is 14.5. The van der Waals surface area contributed by atoms with Crippen molar-refractivity contribution in [1.82, 2.24) is 0 Å². The second-order valence-corrected chi connectivity index (χ2v) is 12.4. The predicted octanol–water partition coefficient (Wildman–Crippen LogP) is 12.4. The van der Waals surface area contributed by atoms with Gasteiger partial charge in [0, 0.05) is 0 Å². The Morgan fingerprint density at radius 1 is 0.368 bits per heavy atom. The lowest BCUT2D eigenvalue weighted by molar-refractivity contribution is 0.513. The monoisotopic (exact) mass is 528 g/mol. The van der Waals surface area contributed by atoms with E-state index in [0.717, 1.165) is 6.54 Å². The number of nitrogens with two attached hydrogens (primary N) is 1. The van der Waals surface area contributed by atoms with E-state index in [9.17, 15) is 0 Å². The van der Waals surface area contributed by atoms with E-state index in [1.54, 1.807) is 5.56 Å². The highest BCUT2D eigenvalue weighted by Crippen LogP contribution is 2.17. The molecule has 0 fully saturated rings. The molecule has 0 heterocycles. The standard InChI is InChI=1S/C37H69N/c1-36-32-29-30-34-37(36)33-28-26-24-22-20-18-16-14-12-10-8-6-4-2-3-5-7-9-11-13-15-17-19-21-23-25-27-31-35-38/h29-30,32,34H,2-28,31,33,35,38H2,1H3. The summed E-state index contributed by atoms with van der Waals surface area (Å²) in [5, 5.41) is 0. The minimum Gasteiger partial charge on any atom is -0.330 e. The lowest BCUT2D eigenvalue weighted by Gasteiger charge is -2.06. The van der Waals surface area contributed by atoms with E-state index in [2.05, 4.69) is 31.2 Å². The molecular formula is C37H69N. The van der Waals surface area contributed by atoms with E-state index < -0.39 is 0 Å². The molecule has 0 saturated carbocycles. The van der Waals surface area contributed by atoms with Crippen molar-refractivity contribution in [3.05, 3.63) is 35.4 Å². The van der Waals surface area contributed by atoms with Gasteiger partial charge in [0.15, 0.2) is 0 Å². The molecule has 1 rings (SSSR count). The number of hydrogen-bond acceptors (Lipinski definition) is 1. The van der Waals surface area contributed by atoms with E-state index in [0.29, 0.717) is 0 Å². The zero-order valence-corrected chi connectivity index (χ0v) is 26.1. The first kappa shape index (κ1) is 35.2. The van der Waals surface area contributed by atoms with Crippen molar-refractivity contribution in [1.29, 1.82) is 0 Å². The molecule has 0 aliphatic heterocycles.